The molecule has 1 aromatic heterocycles. The van der Waals surface area contributed by atoms with E-state index < -0.39 is 0 Å². The lowest BCUT2D eigenvalue weighted by molar-refractivity contribution is 0.398. The molecular formula is C9H12N2O. The molecule has 12 heavy (non-hydrogen) atoms. The molecule has 64 valence electrons. The van der Waals surface area contributed by atoms with E-state index in [9.17, 15) is 0 Å². The van der Waals surface area contributed by atoms with E-state index in [1.54, 1.807) is 19.5 Å². The number of nitrogens with two attached hydrogens (primary N) is 1. The van der Waals surface area contributed by atoms with Crippen LogP contribution in [0.25, 0.3) is 5.57 Å². The van der Waals surface area contributed by atoms with Gasteiger partial charge in [0.2, 0.25) is 5.88 Å². The van der Waals surface area contributed by atoms with E-state index in [-0.39, 0.29) is 0 Å². The van der Waals surface area contributed by atoms with Gasteiger partial charge < -0.3 is 10.5 Å². The molecule has 0 unspecified atom stereocenters. The van der Waals surface area contributed by atoms with Crippen LogP contribution in [0.5, 0.6) is 5.88 Å². The zero-order chi connectivity index (χ0) is 8.97. The second-order valence-electron chi connectivity index (χ2n) is 2.44. The van der Waals surface area contributed by atoms with Gasteiger partial charge in [0.05, 0.1) is 7.11 Å². The average Bonchev–Trinajstić information content (AvgIpc) is 2.17. The van der Waals surface area contributed by atoms with E-state index >= 15 is 0 Å². The largest absolute Gasteiger partial charge is 0.481 e. The first kappa shape index (κ1) is 8.59. The highest BCUT2D eigenvalue weighted by Gasteiger charge is 1.95. The van der Waals surface area contributed by atoms with E-state index in [4.69, 9.17) is 10.5 Å². The van der Waals surface area contributed by atoms with Crippen molar-refractivity contribution < 1.29 is 4.74 Å². The summed E-state index contributed by atoms with van der Waals surface area (Å²) in [7, 11) is 1.59. The van der Waals surface area contributed by atoms with Crippen LogP contribution in [0.15, 0.2) is 24.5 Å². The lowest BCUT2D eigenvalue weighted by atomic mass is 10.1. The Balaban J connectivity index is 2.92. The molecule has 0 radical (unpaired) electrons. The first-order chi connectivity index (χ1) is 5.77. The number of methoxy groups -OCH3 is 1. The number of ether oxygens (including phenoxy) is 1. The van der Waals surface area contributed by atoms with Gasteiger partial charge in [0, 0.05) is 12.3 Å². The van der Waals surface area contributed by atoms with Crippen LogP contribution in [0.1, 0.15) is 12.5 Å². The first-order valence-electron chi connectivity index (χ1n) is 3.67. The highest BCUT2D eigenvalue weighted by Crippen LogP contribution is 2.13. The molecule has 0 atom stereocenters. The normalized spacial score (nSPS) is 11.3. The van der Waals surface area contributed by atoms with E-state index in [2.05, 4.69) is 4.98 Å². The van der Waals surface area contributed by atoms with E-state index in [1.165, 1.54) is 0 Å². The molecule has 0 saturated carbocycles. The summed E-state index contributed by atoms with van der Waals surface area (Å²) in [5.74, 6) is 0.614. The van der Waals surface area contributed by atoms with Crippen molar-refractivity contribution in [2.45, 2.75) is 6.92 Å². The average molecular weight is 164 g/mol. The highest BCUT2D eigenvalue weighted by atomic mass is 16.5. The summed E-state index contributed by atoms with van der Waals surface area (Å²) in [5, 5.41) is 0. The molecule has 0 aliphatic heterocycles. The van der Waals surface area contributed by atoms with Crippen LogP contribution in [0.3, 0.4) is 0 Å². The topological polar surface area (TPSA) is 48.1 Å². The molecule has 1 rings (SSSR count). The van der Waals surface area contributed by atoms with Crippen LogP contribution in [0, 0.1) is 0 Å². The van der Waals surface area contributed by atoms with Crippen LogP contribution in [-0.4, -0.2) is 12.1 Å². The summed E-state index contributed by atoms with van der Waals surface area (Å²) in [6.45, 7) is 1.93. The summed E-state index contributed by atoms with van der Waals surface area (Å²) < 4.78 is 4.92. The van der Waals surface area contributed by atoms with Crippen molar-refractivity contribution in [2.75, 3.05) is 7.11 Å². The third kappa shape index (κ3) is 1.75. The van der Waals surface area contributed by atoms with E-state index in [0.717, 1.165) is 11.1 Å². The summed E-state index contributed by atoms with van der Waals surface area (Å²) >= 11 is 0. The summed E-state index contributed by atoms with van der Waals surface area (Å²) in [4.78, 5) is 4.05. The Morgan fingerprint density at radius 2 is 2.33 bits per heavy atom. The smallest absolute Gasteiger partial charge is 0.212 e. The van der Waals surface area contributed by atoms with Crippen molar-refractivity contribution in [3.63, 3.8) is 0 Å². The van der Waals surface area contributed by atoms with Gasteiger partial charge in [0.15, 0.2) is 0 Å². The van der Waals surface area contributed by atoms with E-state index in [1.807, 2.05) is 19.1 Å². The quantitative estimate of drug-likeness (QED) is 0.718. The Morgan fingerprint density at radius 1 is 1.58 bits per heavy atom. The molecule has 3 heteroatoms. The molecule has 0 aromatic carbocycles. The SMILES string of the molecule is COc1ccc(/C(C)=C/N)cn1. The van der Waals surface area contributed by atoms with Gasteiger partial charge in [-0.05, 0) is 30.3 Å². The molecular weight excluding hydrogens is 152 g/mol. The molecule has 3 nitrogen and oxygen atoms in total. The molecule has 0 fully saturated rings. The number of hydrogen-bond acceptors (Lipinski definition) is 3. The lowest BCUT2D eigenvalue weighted by Gasteiger charge is -2.01. The highest BCUT2D eigenvalue weighted by molar-refractivity contribution is 5.62. The van der Waals surface area contributed by atoms with Crippen LogP contribution < -0.4 is 10.5 Å². The van der Waals surface area contributed by atoms with Gasteiger partial charge >= 0.3 is 0 Å². The fourth-order valence-corrected chi connectivity index (χ4v) is 0.831. The lowest BCUT2D eigenvalue weighted by Crippen LogP contribution is -1.89. The first-order valence-corrected chi connectivity index (χ1v) is 3.67. The molecule has 2 N–H and O–H groups in total. The number of nitrogens with zero attached hydrogens (tertiary/aromatic N) is 1. The fourth-order valence-electron chi connectivity index (χ4n) is 0.831. The Bertz CT molecular complexity index is 277. The zero-order valence-corrected chi connectivity index (χ0v) is 7.24. The minimum atomic E-state index is 0.614. The molecule has 0 saturated heterocycles. The van der Waals surface area contributed by atoms with Crippen molar-refractivity contribution in [1.82, 2.24) is 4.98 Å². The molecule has 1 aromatic rings. The predicted molar refractivity (Wildman–Crippen MR) is 48.6 cm³/mol. The molecule has 0 amide bonds. The molecule has 1 heterocycles. The second-order valence-corrected chi connectivity index (χ2v) is 2.44. The molecule has 0 spiro atoms. The van der Waals surface area contributed by atoms with Crippen molar-refractivity contribution in [1.29, 1.82) is 0 Å². The number of aromatic nitrogens is 1. The maximum Gasteiger partial charge on any atom is 0.212 e. The maximum atomic E-state index is 5.35. The van der Waals surface area contributed by atoms with Crippen LogP contribution in [-0.2, 0) is 0 Å². The van der Waals surface area contributed by atoms with Gasteiger partial charge in [-0.1, -0.05) is 0 Å². The van der Waals surface area contributed by atoms with Crippen molar-refractivity contribution in [3.05, 3.63) is 30.1 Å². The Kier molecular flexibility index (Phi) is 2.69. The van der Waals surface area contributed by atoms with Crippen molar-refractivity contribution in [2.24, 2.45) is 5.73 Å². The standard InChI is InChI=1S/C9H12N2O/c1-7(5-10)8-3-4-9(12-2)11-6-8/h3-6H,10H2,1-2H3/b7-5+. The molecule has 0 bridgehead atoms. The number of rotatable bonds is 2. The van der Waals surface area contributed by atoms with Crippen molar-refractivity contribution >= 4 is 5.57 Å². The van der Waals surface area contributed by atoms with Crippen molar-refractivity contribution in [3.8, 4) is 5.88 Å². The van der Waals surface area contributed by atoms with Crippen LogP contribution in [0.2, 0.25) is 0 Å². The number of hydrogen-bond donors (Lipinski definition) is 1. The minimum Gasteiger partial charge on any atom is -0.481 e. The number of pyridine rings is 1. The summed E-state index contributed by atoms with van der Waals surface area (Å²) in [6.07, 6.45) is 3.29. The van der Waals surface area contributed by atoms with E-state index in [0.29, 0.717) is 5.88 Å². The van der Waals surface area contributed by atoms with Gasteiger partial charge in [-0.3, -0.25) is 0 Å². The van der Waals surface area contributed by atoms with Gasteiger partial charge in [0.1, 0.15) is 0 Å². The van der Waals surface area contributed by atoms with Gasteiger partial charge in [-0.15, -0.1) is 0 Å². The summed E-state index contributed by atoms with van der Waals surface area (Å²) in [6, 6.07) is 3.73. The summed E-state index contributed by atoms with van der Waals surface area (Å²) in [5.41, 5.74) is 7.37. The molecule has 0 aliphatic carbocycles. The Hall–Kier alpha value is -1.51. The predicted octanol–water partition coefficient (Wildman–Crippen LogP) is 1.41. The minimum absolute atomic E-state index is 0.614. The van der Waals surface area contributed by atoms with Crippen LogP contribution in [0.4, 0.5) is 0 Å². The Morgan fingerprint density at radius 3 is 2.75 bits per heavy atom. The monoisotopic (exact) mass is 164 g/mol. The number of allylic oxidation sites excluding steroid dienone is 1. The second kappa shape index (κ2) is 3.76. The third-order valence-electron chi connectivity index (χ3n) is 1.65. The Labute approximate surface area is 71.9 Å². The maximum absolute atomic E-state index is 5.35. The van der Waals surface area contributed by atoms with Gasteiger partial charge in [0.25, 0.3) is 0 Å². The third-order valence-corrected chi connectivity index (χ3v) is 1.65. The van der Waals surface area contributed by atoms with Crippen LogP contribution >= 0.6 is 0 Å². The zero-order valence-electron chi connectivity index (χ0n) is 7.24. The van der Waals surface area contributed by atoms with Gasteiger partial charge in [-0.25, -0.2) is 4.98 Å². The fraction of sp³-hybridized carbons (Fsp3) is 0.222. The van der Waals surface area contributed by atoms with Gasteiger partial charge in [-0.2, -0.15) is 0 Å². The molecule has 0 aliphatic rings.